The lowest BCUT2D eigenvalue weighted by Crippen LogP contribution is -2.44. The van der Waals surface area contributed by atoms with Crippen molar-refractivity contribution in [3.8, 4) is 0 Å². The smallest absolute Gasteiger partial charge is 0.319 e. The molecule has 1 aliphatic rings. The summed E-state index contributed by atoms with van der Waals surface area (Å²) in [5, 5.41) is 5.31. The summed E-state index contributed by atoms with van der Waals surface area (Å²) in [7, 11) is 0. The van der Waals surface area contributed by atoms with Gasteiger partial charge in [-0.25, -0.2) is 14.2 Å². The first-order chi connectivity index (χ1) is 16.5. The van der Waals surface area contributed by atoms with Gasteiger partial charge in [-0.15, -0.1) is 0 Å². The lowest BCUT2D eigenvalue weighted by molar-refractivity contribution is -0.130. The van der Waals surface area contributed by atoms with Crippen LogP contribution in [-0.4, -0.2) is 35.9 Å². The van der Waals surface area contributed by atoms with Gasteiger partial charge < -0.3 is 16.4 Å². The highest BCUT2D eigenvalue weighted by molar-refractivity contribution is 6.09. The highest BCUT2D eigenvalue weighted by atomic mass is 19.1. The van der Waals surface area contributed by atoms with Crippen LogP contribution in [0.3, 0.4) is 0 Å². The van der Waals surface area contributed by atoms with Crippen molar-refractivity contribution in [2.75, 3.05) is 18.4 Å². The molecule has 0 spiro atoms. The maximum Gasteiger partial charge on any atom is 0.319 e. The number of hydrogen-bond donors (Lipinski definition) is 3. The molecular formula is C26H26FN5O2. The van der Waals surface area contributed by atoms with E-state index < -0.39 is 17.4 Å². The third kappa shape index (κ3) is 4.76. The highest BCUT2D eigenvalue weighted by Gasteiger charge is 2.50. The maximum absolute atomic E-state index is 13.7. The van der Waals surface area contributed by atoms with E-state index in [9.17, 15) is 14.0 Å². The van der Waals surface area contributed by atoms with Crippen molar-refractivity contribution in [2.24, 2.45) is 10.7 Å². The number of benzene rings is 3. The van der Waals surface area contributed by atoms with Gasteiger partial charge in [0.15, 0.2) is 11.5 Å². The van der Waals surface area contributed by atoms with Crippen LogP contribution >= 0.6 is 0 Å². The molecule has 0 aliphatic carbocycles. The zero-order chi connectivity index (χ0) is 24.0. The molecule has 0 aromatic heterocycles. The fourth-order valence-electron chi connectivity index (χ4n) is 4.04. The molecule has 1 aliphatic heterocycles. The van der Waals surface area contributed by atoms with Crippen molar-refractivity contribution in [3.63, 3.8) is 0 Å². The Labute approximate surface area is 197 Å². The summed E-state index contributed by atoms with van der Waals surface area (Å²) >= 11 is 0. The molecule has 0 saturated heterocycles. The van der Waals surface area contributed by atoms with Crippen molar-refractivity contribution in [3.05, 3.63) is 102 Å². The first-order valence-electron chi connectivity index (χ1n) is 11.1. The lowest BCUT2D eigenvalue weighted by Gasteiger charge is -2.27. The van der Waals surface area contributed by atoms with Crippen LogP contribution in [-0.2, 0) is 10.3 Å². The zero-order valence-corrected chi connectivity index (χ0v) is 18.6. The van der Waals surface area contributed by atoms with Crippen LogP contribution in [0.2, 0.25) is 0 Å². The van der Waals surface area contributed by atoms with Gasteiger partial charge in [-0.05, 0) is 42.2 Å². The number of rotatable bonds is 8. The largest absolute Gasteiger partial charge is 0.369 e. The van der Waals surface area contributed by atoms with Crippen LogP contribution in [0.1, 0.15) is 24.0 Å². The Morgan fingerprint density at radius 3 is 2.21 bits per heavy atom. The van der Waals surface area contributed by atoms with Crippen LogP contribution in [0.15, 0.2) is 89.9 Å². The molecule has 7 nitrogen and oxygen atoms in total. The van der Waals surface area contributed by atoms with E-state index in [-0.39, 0.29) is 11.9 Å². The van der Waals surface area contributed by atoms with E-state index >= 15 is 0 Å². The Morgan fingerprint density at radius 2 is 1.59 bits per heavy atom. The van der Waals surface area contributed by atoms with Crippen LogP contribution in [0.25, 0.3) is 0 Å². The van der Waals surface area contributed by atoms with E-state index in [0.717, 1.165) is 11.1 Å². The normalized spacial score (nSPS) is 14.6. The minimum absolute atomic E-state index is 0.175. The second-order valence-electron chi connectivity index (χ2n) is 7.97. The number of nitrogens with one attached hydrogen (secondary N) is 2. The third-order valence-corrected chi connectivity index (χ3v) is 5.67. The summed E-state index contributed by atoms with van der Waals surface area (Å²) in [5.74, 6) is -0.442. The number of nitrogens with two attached hydrogens (primary N) is 1. The van der Waals surface area contributed by atoms with Crippen LogP contribution < -0.4 is 16.4 Å². The van der Waals surface area contributed by atoms with E-state index in [1.165, 1.54) is 23.1 Å². The number of hydrogen-bond acceptors (Lipinski definition) is 4. The molecule has 0 fully saturated rings. The van der Waals surface area contributed by atoms with E-state index in [1.807, 2.05) is 60.7 Å². The molecule has 1 heterocycles. The van der Waals surface area contributed by atoms with Crippen LogP contribution in [0, 0.1) is 5.82 Å². The molecule has 0 bridgehead atoms. The number of carbonyl (C=O) groups excluding carboxylic acids is 2. The summed E-state index contributed by atoms with van der Waals surface area (Å²) in [5.41, 5.74) is 6.90. The zero-order valence-electron chi connectivity index (χ0n) is 18.6. The average Bonchev–Trinajstić information content (AvgIpc) is 3.10. The molecule has 3 amide bonds. The Kier molecular flexibility index (Phi) is 6.87. The topological polar surface area (TPSA) is 99.8 Å². The minimum Gasteiger partial charge on any atom is -0.369 e. The van der Waals surface area contributed by atoms with Gasteiger partial charge in [0, 0.05) is 18.8 Å². The molecule has 0 unspecified atom stereocenters. The van der Waals surface area contributed by atoms with Gasteiger partial charge in [-0.2, -0.15) is 0 Å². The molecule has 4 rings (SSSR count). The molecule has 0 saturated carbocycles. The van der Waals surface area contributed by atoms with Gasteiger partial charge >= 0.3 is 6.03 Å². The average molecular weight is 460 g/mol. The van der Waals surface area contributed by atoms with E-state index in [4.69, 9.17) is 5.73 Å². The number of unbranched alkanes of at least 4 members (excludes halogenated alkanes) is 1. The minimum atomic E-state index is -1.21. The third-order valence-electron chi connectivity index (χ3n) is 5.67. The molecule has 3 aromatic rings. The molecule has 0 atom stereocenters. The number of guanidine groups is 1. The number of urea groups is 1. The van der Waals surface area contributed by atoms with E-state index in [1.54, 1.807) is 6.07 Å². The van der Waals surface area contributed by atoms with E-state index in [2.05, 4.69) is 15.6 Å². The summed E-state index contributed by atoms with van der Waals surface area (Å²) in [6, 6.07) is 24.1. The molecule has 174 valence electrons. The predicted octanol–water partition coefficient (Wildman–Crippen LogP) is 3.83. The van der Waals surface area contributed by atoms with Crippen molar-refractivity contribution >= 4 is 23.6 Å². The Balaban J connectivity index is 1.36. The standard InChI is InChI=1S/C26H26FN5O2/c27-21-14-9-15-22(18-21)30-25(34)29-16-7-8-17-32-23(33)26(31-24(32)28,19-10-3-1-4-11-19)20-12-5-2-6-13-20/h1-6,9-15,18H,7-8,16-17H2,(H2,28,31)(H2,29,30,34). The number of amides is 3. The summed E-state index contributed by atoms with van der Waals surface area (Å²) < 4.78 is 13.2. The van der Waals surface area contributed by atoms with Crippen molar-refractivity contribution in [1.82, 2.24) is 10.2 Å². The molecule has 4 N–H and O–H groups in total. The number of carbonyl (C=O) groups is 2. The second kappa shape index (κ2) is 10.2. The second-order valence-corrected chi connectivity index (χ2v) is 7.97. The Bertz CT molecular complexity index is 1140. The quantitative estimate of drug-likeness (QED) is 0.447. The molecule has 0 radical (unpaired) electrons. The molecule has 34 heavy (non-hydrogen) atoms. The van der Waals surface area contributed by atoms with Gasteiger partial charge in [-0.3, -0.25) is 9.69 Å². The number of nitrogens with zero attached hydrogens (tertiary/aromatic N) is 2. The number of aliphatic imine (C=N–C) groups is 1. The maximum atomic E-state index is 13.7. The Hall–Kier alpha value is -4.20. The van der Waals surface area contributed by atoms with E-state index in [0.29, 0.717) is 31.6 Å². The highest BCUT2D eigenvalue weighted by Crippen LogP contribution is 2.39. The van der Waals surface area contributed by atoms with Crippen molar-refractivity contribution in [2.45, 2.75) is 18.4 Å². The van der Waals surface area contributed by atoms with Gasteiger partial charge in [-0.1, -0.05) is 66.7 Å². The molecule has 3 aromatic carbocycles. The molecule has 8 heteroatoms. The number of anilines is 1. The predicted molar refractivity (Wildman–Crippen MR) is 130 cm³/mol. The fourth-order valence-corrected chi connectivity index (χ4v) is 4.04. The van der Waals surface area contributed by atoms with Crippen molar-refractivity contribution < 1.29 is 14.0 Å². The molecular weight excluding hydrogens is 433 g/mol. The fraction of sp³-hybridized carbons (Fsp3) is 0.192. The number of halogens is 1. The van der Waals surface area contributed by atoms with Crippen LogP contribution in [0.4, 0.5) is 14.9 Å². The summed E-state index contributed by atoms with van der Waals surface area (Å²) in [6.45, 7) is 0.769. The van der Waals surface area contributed by atoms with Crippen molar-refractivity contribution in [1.29, 1.82) is 0 Å². The SMILES string of the molecule is NC1=NC(c2ccccc2)(c2ccccc2)C(=O)N1CCCCNC(=O)Nc1cccc(F)c1. The van der Waals surface area contributed by atoms with Gasteiger partial charge in [0.25, 0.3) is 5.91 Å². The monoisotopic (exact) mass is 459 g/mol. The van der Waals surface area contributed by atoms with Gasteiger partial charge in [0.05, 0.1) is 0 Å². The Morgan fingerprint density at radius 1 is 0.941 bits per heavy atom. The first-order valence-corrected chi connectivity index (χ1v) is 11.1. The van der Waals surface area contributed by atoms with Gasteiger partial charge in [0.2, 0.25) is 0 Å². The first kappa shape index (κ1) is 23.0. The van der Waals surface area contributed by atoms with Gasteiger partial charge in [0.1, 0.15) is 5.82 Å². The summed E-state index contributed by atoms with van der Waals surface area (Å²) in [4.78, 5) is 31.8. The van der Waals surface area contributed by atoms with Crippen LogP contribution in [0.5, 0.6) is 0 Å². The summed E-state index contributed by atoms with van der Waals surface area (Å²) in [6.07, 6.45) is 1.24. The lowest BCUT2D eigenvalue weighted by atomic mass is 9.83.